The van der Waals surface area contributed by atoms with Gasteiger partial charge in [-0.1, -0.05) is 19.1 Å². The van der Waals surface area contributed by atoms with Crippen LogP contribution >= 0.6 is 11.8 Å². The predicted molar refractivity (Wildman–Crippen MR) is 80.0 cm³/mol. The number of aryl methyl sites for hydroxylation is 3. The van der Waals surface area contributed by atoms with Gasteiger partial charge in [-0.15, -0.1) is 0 Å². The Labute approximate surface area is 110 Å². The maximum absolute atomic E-state index is 3.54. The quantitative estimate of drug-likeness (QED) is 0.771. The third kappa shape index (κ3) is 4.72. The number of thioether (sulfide) groups is 1. The molecule has 1 rings (SSSR count). The van der Waals surface area contributed by atoms with Gasteiger partial charge in [0.1, 0.15) is 0 Å². The molecule has 0 heterocycles. The molecule has 17 heavy (non-hydrogen) atoms. The van der Waals surface area contributed by atoms with Gasteiger partial charge >= 0.3 is 0 Å². The van der Waals surface area contributed by atoms with Crippen LogP contribution in [-0.4, -0.2) is 18.1 Å². The summed E-state index contributed by atoms with van der Waals surface area (Å²) in [6.45, 7) is 11.0. The maximum atomic E-state index is 3.54. The van der Waals surface area contributed by atoms with Crippen LogP contribution in [0.25, 0.3) is 0 Å². The van der Waals surface area contributed by atoms with Crippen molar-refractivity contribution in [2.24, 2.45) is 0 Å². The SMILES string of the molecule is CSC(C)CCNCc1cc(C)c(C)cc1C. The van der Waals surface area contributed by atoms with E-state index in [1.54, 1.807) is 0 Å². The lowest BCUT2D eigenvalue weighted by Crippen LogP contribution is -2.18. The molecule has 0 aliphatic carbocycles. The Morgan fingerprint density at radius 3 is 2.41 bits per heavy atom. The molecule has 0 bridgehead atoms. The Morgan fingerprint density at radius 1 is 1.12 bits per heavy atom. The second-order valence-electron chi connectivity index (χ2n) is 4.87. The standard InChI is InChI=1S/C15H25NS/c1-11-8-13(3)15(9-12(11)2)10-16-7-6-14(4)17-5/h8-9,14,16H,6-7,10H2,1-5H3. The van der Waals surface area contributed by atoms with Crippen molar-refractivity contribution in [1.82, 2.24) is 5.32 Å². The average molecular weight is 251 g/mol. The van der Waals surface area contributed by atoms with Crippen molar-refractivity contribution in [3.63, 3.8) is 0 Å². The summed E-state index contributed by atoms with van der Waals surface area (Å²) in [4.78, 5) is 0. The Balaban J connectivity index is 2.44. The molecule has 0 amide bonds. The normalized spacial score (nSPS) is 12.8. The predicted octanol–water partition coefficient (Wildman–Crippen LogP) is 3.84. The van der Waals surface area contributed by atoms with Crippen LogP contribution in [0.3, 0.4) is 0 Å². The minimum Gasteiger partial charge on any atom is -0.313 e. The fraction of sp³-hybridized carbons (Fsp3) is 0.600. The van der Waals surface area contributed by atoms with E-state index in [2.05, 4.69) is 51.4 Å². The number of nitrogens with one attached hydrogen (secondary N) is 1. The molecule has 1 aromatic carbocycles. The zero-order chi connectivity index (χ0) is 12.8. The number of benzene rings is 1. The van der Waals surface area contributed by atoms with Gasteiger partial charge in [-0.2, -0.15) is 11.8 Å². The zero-order valence-electron chi connectivity index (χ0n) is 11.8. The van der Waals surface area contributed by atoms with E-state index in [1.807, 2.05) is 11.8 Å². The first-order chi connectivity index (χ1) is 8.04. The Morgan fingerprint density at radius 2 is 1.76 bits per heavy atom. The maximum Gasteiger partial charge on any atom is 0.0208 e. The Hall–Kier alpha value is -0.470. The summed E-state index contributed by atoms with van der Waals surface area (Å²) in [6, 6.07) is 4.60. The molecular formula is C15H25NS. The summed E-state index contributed by atoms with van der Waals surface area (Å²) >= 11 is 1.94. The molecule has 2 heteroatoms. The van der Waals surface area contributed by atoms with Crippen molar-refractivity contribution in [3.05, 3.63) is 34.4 Å². The van der Waals surface area contributed by atoms with Crippen LogP contribution < -0.4 is 5.32 Å². The van der Waals surface area contributed by atoms with Crippen LogP contribution in [0, 0.1) is 20.8 Å². The van der Waals surface area contributed by atoms with Crippen LogP contribution in [-0.2, 0) is 6.54 Å². The van der Waals surface area contributed by atoms with Crippen molar-refractivity contribution < 1.29 is 0 Å². The fourth-order valence-corrected chi connectivity index (χ4v) is 2.21. The van der Waals surface area contributed by atoms with Gasteiger partial charge in [-0.3, -0.25) is 0 Å². The largest absolute Gasteiger partial charge is 0.313 e. The highest BCUT2D eigenvalue weighted by Crippen LogP contribution is 2.15. The smallest absolute Gasteiger partial charge is 0.0208 e. The summed E-state index contributed by atoms with van der Waals surface area (Å²) in [7, 11) is 0. The molecule has 1 nitrogen and oxygen atoms in total. The van der Waals surface area contributed by atoms with E-state index in [9.17, 15) is 0 Å². The van der Waals surface area contributed by atoms with E-state index in [0.717, 1.165) is 18.3 Å². The number of hydrogen-bond acceptors (Lipinski definition) is 2. The van der Waals surface area contributed by atoms with Gasteiger partial charge < -0.3 is 5.32 Å². The topological polar surface area (TPSA) is 12.0 Å². The van der Waals surface area contributed by atoms with Crippen molar-refractivity contribution in [2.45, 2.75) is 45.9 Å². The summed E-state index contributed by atoms with van der Waals surface area (Å²) in [5.74, 6) is 0. The molecule has 0 radical (unpaired) electrons. The lowest BCUT2D eigenvalue weighted by molar-refractivity contribution is 0.646. The Kier molecular flexibility index (Phi) is 6.07. The highest BCUT2D eigenvalue weighted by atomic mass is 32.2. The van der Waals surface area contributed by atoms with E-state index < -0.39 is 0 Å². The van der Waals surface area contributed by atoms with Crippen molar-refractivity contribution >= 4 is 11.8 Å². The van der Waals surface area contributed by atoms with Crippen LogP contribution in [0.15, 0.2) is 12.1 Å². The van der Waals surface area contributed by atoms with E-state index >= 15 is 0 Å². The van der Waals surface area contributed by atoms with E-state index in [4.69, 9.17) is 0 Å². The molecular weight excluding hydrogens is 226 g/mol. The van der Waals surface area contributed by atoms with Crippen LogP contribution in [0.5, 0.6) is 0 Å². The molecule has 0 aliphatic heterocycles. The van der Waals surface area contributed by atoms with Crippen molar-refractivity contribution in [2.75, 3.05) is 12.8 Å². The van der Waals surface area contributed by atoms with Gasteiger partial charge in [0, 0.05) is 11.8 Å². The summed E-state index contributed by atoms with van der Waals surface area (Å²) in [5, 5.41) is 4.29. The minimum absolute atomic E-state index is 0.753. The summed E-state index contributed by atoms with van der Waals surface area (Å²) < 4.78 is 0. The second kappa shape index (κ2) is 7.07. The molecule has 0 saturated carbocycles. The monoisotopic (exact) mass is 251 g/mol. The summed E-state index contributed by atoms with van der Waals surface area (Å²) in [6.07, 6.45) is 3.42. The summed E-state index contributed by atoms with van der Waals surface area (Å²) in [5.41, 5.74) is 5.62. The lowest BCUT2D eigenvalue weighted by Gasteiger charge is -2.12. The molecule has 1 unspecified atom stereocenters. The van der Waals surface area contributed by atoms with Gasteiger partial charge in [-0.05, 0) is 62.2 Å². The lowest BCUT2D eigenvalue weighted by atomic mass is 10.0. The fourth-order valence-electron chi connectivity index (χ4n) is 1.86. The van der Waals surface area contributed by atoms with Gasteiger partial charge in [0.05, 0.1) is 0 Å². The van der Waals surface area contributed by atoms with Gasteiger partial charge in [0.15, 0.2) is 0 Å². The Bertz CT molecular complexity index is 360. The van der Waals surface area contributed by atoms with E-state index in [0.29, 0.717) is 0 Å². The van der Waals surface area contributed by atoms with Crippen molar-refractivity contribution in [1.29, 1.82) is 0 Å². The van der Waals surface area contributed by atoms with E-state index in [-0.39, 0.29) is 0 Å². The first kappa shape index (κ1) is 14.6. The molecule has 0 spiro atoms. The second-order valence-corrected chi connectivity index (χ2v) is 6.15. The molecule has 0 aliphatic rings. The molecule has 0 saturated heterocycles. The molecule has 1 aromatic rings. The van der Waals surface area contributed by atoms with Crippen LogP contribution in [0.1, 0.15) is 35.6 Å². The first-order valence-corrected chi connectivity index (χ1v) is 7.63. The average Bonchev–Trinajstić information content (AvgIpc) is 2.30. The first-order valence-electron chi connectivity index (χ1n) is 6.34. The molecule has 0 aromatic heterocycles. The third-order valence-corrected chi connectivity index (χ3v) is 4.44. The van der Waals surface area contributed by atoms with Crippen LogP contribution in [0.4, 0.5) is 0 Å². The molecule has 96 valence electrons. The molecule has 1 atom stereocenters. The minimum atomic E-state index is 0.753. The van der Waals surface area contributed by atoms with Crippen LogP contribution in [0.2, 0.25) is 0 Å². The number of rotatable bonds is 6. The van der Waals surface area contributed by atoms with Crippen molar-refractivity contribution in [3.8, 4) is 0 Å². The molecule has 1 N–H and O–H groups in total. The third-order valence-electron chi connectivity index (χ3n) is 3.40. The van der Waals surface area contributed by atoms with Gasteiger partial charge in [0.2, 0.25) is 0 Å². The highest BCUT2D eigenvalue weighted by Gasteiger charge is 2.02. The number of hydrogen-bond donors (Lipinski definition) is 1. The highest BCUT2D eigenvalue weighted by molar-refractivity contribution is 7.99. The van der Waals surface area contributed by atoms with Gasteiger partial charge in [-0.25, -0.2) is 0 Å². The van der Waals surface area contributed by atoms with Gasteiger partial charge in [0.25, 0.3) is 0 Å². The molecule has 0 fully saturated rings. The van der Waals surface area contributed by atoms with E-state index in [1.165, 1.54) is 28.7 Å². The zero-order valence-corrected chi connectivity index (χ0v) is 12.6.